The van der Waals surface area contributed by atoms with Gasteiger partial charge in [-0.25, -0.2) is 9.97 Å². The highest BCUT2D eigenvalue weighted by molar-refractivity contribution is 5.99. The Kier molecular flexibility index (Phi) is 6.63. The summed E-state index contributed by atoms with van der Waals surface area (Å²) >= 11 is 0. The lowest BCUT2D eigenvalue weighted by atomic mass is 10.0. The molecule has 1 saturated heterocycles. The van der Waals surface area contributed by atoms with Gasteiger partial charge in [0.25, 0.3) is 0 Å². The van der Waals surface area contributed by atoms with Crippen LogP contribution in [-0.4, -0.2) is 45.5 Å². The van der Waals surface area contributed by atoms with Crippen LogP contribution in [0.25, 0.3) is 22.0 Å². The summed E-state index contributed by atoms with van der Waals surface area (Å²) in [7, 11) is 0. The van der Waals surface area contributed by atoms with E-state index in [1.807, 2.05) is 42.6 Å². The number of aromatic nitrogens is 3. The number of hydrogen-bond donors (Lipinski definition) is 1. The summed E-state index contributed by atoms with van der Waals surface area (Å²) in [4.78, 5) is 15.2. The fourth-order valence-corrected chi connectivity index (χ4v) is 4.54. The van der Waals surface area contributed by atoms with Crippen molar-refractivity contribution in [1.29, 1.82) is 0 Å². The highest BCUT2D eigenvalue weighted by Crippen LogP contribution is 2.35. The van der Waals surface area contributed by atoms with Crippen molar-refractivity contribution in [2.24, 2.45) is 0 Å². The van der Waals surface area contributed by atoms with Crippen LogP contribution in [0.15, 0.2) is 73.2 Å². The number of likely N-dealkylation sites (tertiary alicyclic amines) is 1. The Morgan fingerprint density at radius 1 is 0.943 bits per heavy atom. The van der Waals surface area contributed by atoms with Gasteiger partial charge in [-0.1, -0.05) is 36.4 Å². The first-order valence-electron chi connectivity index (χ1n) is 11.8. The van der Waals surface area contributed by atoms with Crippen LogP contribution >= 0.6 is 0 Å². The summed E-state index contributed by atoms with van der Waals surface area (Å²) in [6.45, 7) is 2.89. The van der Waals surface area contributed by atoms with E-state index >= 15 is 0 Å². The molecule has 0 aliphatic carbocycles. The second kappa shape index (κ2) is 10.00. The molecule has 1 aliphatic rings. The third-order valence-corrected chi connectivity index (χ3v) is 6.47. The summed E-state index contributed by atoms with van der Waals surface area (Å²) in [6.07, 6.45) is 3.63. The van der Waals surface area contributed by atoms with Gasteiger partial charge in [0, 0.05) is 55.2 Å². The van der Waals surface area contributed by atoms with Crippen molar-refractivity contribution < 1.29 is 13.2 Å². The first-order valence-corrected chi connectivity index (χ1v) is 11.8. The molecule has 3 aromatic heterocycles. The number of hydrogen-bond acceptors (Lipinski definition) is 5. The van der Waals surface area contributed by atoms with Crippen molar-refractivity contribution in [3.8, 4) is 11.1 Å². The molecule has 0 atom stereocenters. The Hall–Kier alpha value is -3.52. The maximum Gasteiger partial charge on any atom is 0.433 e. The Morgan fingerprint density at radius 2 is 1.74 bits per heavy atom. The van der Waals surface area contributed by atoms with Crippen LogP contribution in [0, 0.1) is 0 Å². The normalized spacial score (nSPS) is 15.4. The molecule has 5 rings (SSSR count). The number of anilines is 1. The number of alkyl halides is 3. The first-order chi connectivity index (χ1) is 17.0. The number of nitrogens with one attached hydrogen (secondary N) is 1. The molecule has 8 heteroatoms. The van der Waals surface area contributed by atoms with E-state index in [4.69, 9.17) is 0 Å². The minimum atomic E-state index is -4.51. The molecule has 0 saturated carbocycles. The van der Waals surface area contributed by atoms with Crippen molar-refractivity contribution >= 4 is 16.7 Å². The number of rotatable bonds is 6. The molecule has 0 unspecified atom stereocenters. The maximum atomic E-state index is 13.4. The second-order valence-electron chi connectivity index (χ2n) is 8.85. The average Bonchev–Trinajstić information content (AvgIpc) is 2.89. The minimum absolute atomic E-state index is 0.199. The third-order valence-electron chi connectivity index (χ3n) is 6.47. The van der Waals surface area contributed by atoms with Gasteiger partial charge in [-0.2, -0.15) is 13.2 Å². The van der Waals surface area contributed by atoms with Crippen LogP contribution in [0.5, 0.6) is 0 Å². The molecule has 1 aromatic carbocycles. The molecular formula is C27H26F3N5. The van der Waals surface area contributed by atoms with Gasteiger partial charge >= 0.3 is 6.18 Å². The first kappa shape index (κ1) is 23.2. The molecule has 1 fully saturated rings. The van der Waals surface area contributed by atoms with Crippen LogP contribution < -0.4 is 5.32 Å². The lowest BCUT2D eigenvalue weighted by Crippen LogP contribution is -2.40. The standard InChI is InChI=1S/C27H26F3N5/c28-27(29,30)24-9-8-22-25(34-24)23(20-6-2-1-3-7-20)18-32-26(22)33-21-11-15-35(16-12-21)14-10-19-5-4-13-31-17-19/h1-9,13,17-18,21H,10-12,14-16H2,(H,32,33). The van der Waals surface area contributed by atoms with E-state index < -0.39 is 11.9 Å². The Morgan fingerprint density at radius 3 is 2.46 bits per heavy atom. The topological polar surface area (TPSA) is 53.9 Å². The van der Waals surface area contributed by atoms with E-state index in [0.29, 0.717) is 22.3 Å². The Balaban J connectivity index is 1.33. The molecule has 4 aromatic rings. The molecule has 35 heavy (non-hydrogen) atoms. The predicted octanol–water partition coefficient (Wildman–Crippen LogP) is 5.83. The van der Waals surface area contributed by atoms with Gasteiger partial charge in [-0.05, 0) is 48.6 Å². The van der Waals surface area contributed by atoms with Crippen LogP contribution in [0.3, 0.4) is 0 Å². The van der Waals surface area contributed by atoms with Gasteiger partial charge in [0.1, 0.15) is 11.5 Å². The predicted molar refractivity (Wildman–Crippen MR) is 131 cm³/mol. The monoisotopic (exact) mass is 477 g/mol. The van der Waals surface area contributed by atoms with Crippen molar-refractivity contribution in [2.75, 3.05) is 25.0 Å². The van der Waals surface area contributed by atoms with Crippen LogP contribution in [-0.2, 0) is 12.6 Å². The molecule has 0 spiro atoms. The number of nitrogens with zero attached hydrogens (tertiary/aromatic N) is 4. The number of benzene rings is 1. The highest BCUT2D eigenvalue weighted by Gasteiger charge is 2.33. The number of pyridine rings is 3. The van der Waals surface area contributed by atoms with Gasteiger partial charge in [-0.15, -0.1) is 0 Å². The smallest absolute Gasteiger partial charge is 0.367 e. The van der Waals surface area contributed by atoms with Gasteiger partial charge in [-0.3, -0.25) is 4.98 Å². The van der Waals surface area contributed by atoms with E-state index in [-0.39, 0.29) is 6.04 Å². The molecule has 1 aliphatic heterocycles. The van der Waals surface area contributed by atoms with Crippen molar-refractivity contribution in [1.82, 2.24) is 19.9 Å². The third kappa shape index (κ3) is 5.43. The second-order valence-corrected chi connectivity index (χ2v) is 8.85. The zero-order chi connectivity index (χ0) is 24.3. The van der Waals surface area contributed by atoms with Gasteiger partial charge in [0.05, 0.1) is 5.52 Å². The number of fused-ring (bicyclic) bond motifs is 1. The molecule has 0 radical (unpaired) electrons. The van der Waals surface area contributed by atoms with E-state index in [2.05, 4.69) is 31.2 Å². The Bertz CT molecular complexity index is 1270. The molecule has 1 N–H and O–H groups in total. The van der Waals surface area contributed by atoms with Crippen molar-refractivity contribution in [3.05, 3.63) is 84.4 Å². The summed E-state index contributed by atoms with van der Waals surface area (Å²) in [5.41, 5.74) is 2.00. The lowest BCUT2D eigenvalue weighted by molar-refractivity contribution is -0.140. The summed E-state index contributed by atoms with van der Waals surface area (Å²) < 4.78 is 40.3. The summed E-state index contributed by atoms with van der Waals surface area (Å²) in [5.74, 6) is 0.578. The van der Waals surface area contributed by atoms with E-state index in [0.717, 1.165) is 50.5 Å². The van der Waals surface area contributed by atoms with Crippen LogP contribution in [0.2, 0.25) is 0 Å². The van der Waals surface area contributed by atoms with Crippen molar-refractivity contribution in [3.63, 3.8) is 0 Å². The largest absolute Gasteiger partial charge is 0.433 e. The zero-order valence-electron chi connectivity index (χ0n) is 19.2. The molecule has 180 valence electrons. The number of piperidine rings is 1. The van der Waals surface area contributed by atoms with Gasteiger partial charge < -0.3 is 10.2 Å². The van der Waals surface area contributed by atoms with E-state index in [1.54, 1.807) is 12.4 Å². The quantitative estimate of drug-likeness (QED) is 0.379. The average molecular weight is 478 g/mol. The fraction of sp³-hybridized carbons (Fsp3) is 0.296. The maximum absolute atomic E-state index is 13.4. The Labute approximate surface area is 202 Å². The zero-order valence-corrected chi connectivity index (χ0v) is 19.2. The van der Waals surface area contributed by atoms with Crippen LogP contribution in [0.1, 0.15) is 24.1 Å². The van der Waals surface area contributed by atoms with Gasteiger partial charge in [0.15, 0.2) is 0 Å². The summed E-state index contributed by atoms with van der Waals surface area (Å²) in [6, 6.07) is 16.0. The highest BCUT2D eigenvalue weighted by atomic mass is 19.4. The van der Waals surface area contributed by atoms with Crippen LogP contribution in [0.4, 0.5) is 19.0 Å². The number of halogens is 3. The summed E-state index contributed by atoms with van der Waals surface area (Å²) in [5, 5.41) is 4.08. The van der Waals surface area contributed by atoms with E-state index in [1.165, 1.54) is 11.6 Å². The minimum Gasteiger partial charge on any atom is -0.367 e. The molecule has 5 nitrogen and oxygen atoms in total. The SMILES string of the molecule is FC(F)(F)c1ccc2c(NC3CCN(CCc4cccnc4)CC3)ncc(-c3ccccc3)c2n1. The lowest BCUT2D eigenvalue weighted by Gasteiger charge is -2.32. The van der Waals surface area contributed by atoms with Gasteiger partial charge in [0.2, 0.25) is 0 Å². The van der Waals surface area contributed by atoms with Crippen molar-refractivity contribution in [2.45, 2.75) is 31.5 Å². The molecule has 0 amide bonds. The fourth-order valence-electron chi connectivity index (χ4n) is 4.54. The molecular weight excluding hydrogens is 451 g/mol. The molecule has 0 bridgehead atoms. The molecule has 4 heterocycles. The van der Waals surface area contributed by atoms with E-state index in [9.17, 15) is 13.2 Å².